The summed E-state index contributed by atoms with van der Waals surface area (Å²) in [6.07, 6.45) is 0. The van der Waals surface area contributed by atoms with Crippen LogP contribution in [0.5, 0.6) is 0 Å². The fraction of sp³-hybridized carbons (Fsp3) is 0. The highest BCUT2D eigenvalue weighted by Crippen LogP contribution is 2.26. The van der Waals surface area contributed by atoms with Gasteiger partial charge in [-0.15, -0.1) is 0 Å². The Kier molecular flexibility index (Phi) is 3.86. The predicted molar refractivity (Wildman–Crippen MR) is 93.9 cm³/mol. The maximum atomic E-state index is 12.7. The van der Waals surface area contributed by atoms with Crippen LogP contribution in [0.25, 0.3) is 10.8 Å². The molecule has 0 atom stereocenters. The first-order valence-electron chi connectivity index (χ1n) is 6.33. The molecule has 5 heteroatoms. The summed E-state index contributed by atoms with van der Waals surface area (Å²) < 4.78 is 28.8. The predicted octanol–water partition coefficient (Wildman–Crippen LogP) is 4.25. The molecular weight excluding hydrogens is 397 g/mol. The maximum Gasteiger partial charge on any atom is 0.262 e. The lowest BCUT2D eigenvalue weighted by atomic mass is 10.1. The third-order valence-electron chi connectivity index (χ3n) is 3.16. The van der Waals surface area contributed by atoms with Crippen LogP contribution < -0.4 is 4.72 Å². The second kappa shape index (κ2) is 5.65. The standard InChI is InChI=1S/C16H12INO2S/c17-14-9-3-4-10-15(14)18-21(19,20)16-11-5-7-12-6-1-2-8-13(12)16/h1-11,18H. The number of benzene rings is 3. The van der Waals surface area contributed by atoms with Gasteiger partial charge in [-0.3, -0.25) is 4.72 Å². The molecule has 0 radical (unpaired) electrons. The lowest BCUT2D eigenvalue weighted by Crippen LogP contribution is -2.14. The highest BCUT2D eigenvalue weighted by molar-refractivity contribution is 14.1. The van der Waals surface area contributed by atoms with Crippen molar-refractivity contribution in [3.63, 3.8) is 0 Å². The number of halogens is 1. The molecule has 3 rings (SSSR count). The quantitative estimate of drug-likeness (QED) is 0.658. The Morgan fingerprint density at radius 1 is 0.810 bits per heavy atom. The highest BCUT2D eigenvalue weighted by atomic mass is 127. The Labute approximate surface area is 137 Å². The lowest BCUT2D eigenvalue weighted by molar-refractivity contribution is 0.602. The van der Waals surface area contributed by atoms with E-state index in [1.165, 1.54) is 0 Å². The van der Waals surface area contributed by atoms with Crippen LogP contribution in [0.2, 0.25) is 0 Å². The van der Waals surface area contributed by atoms with Crippen LogP contribution in [0, 0.1) is 3.57 Å². The van der Waals surface area contributed by atoms with Crippen molar-refractivity contribution in [2.45, 2.75) is 4.90 Å². The summed E-state index contributed by atoms with van der Waals surface area (Å²) in [6, 6.07) is 20.0. The van der Waals surface area contributed by atoms with E-state index in [0.717, 1.165) is 14.3 Å². The van der Waals surface area contributed by atoms with E-state index in [4.69, 9.17) is 0 Å². The smallest absolute Gasteiger partial charge is 0.262 e. The summed E-state index contributed by atoms with van der Waals surface area (Å²) in [7, 11) is -3.62. The maximum absolute atomic E-state index is 12.7. The largest absolute Gasteiger partial charge is 0.279 e. The molecular formula is C16H12INO2S. The van der Waals surface area contributed by atoms with Crippen molar-refractivity contribution in [1.82, 2.24) is 0 Å². The van der Waals surface area contributed by atoms with Crippen molar-refractivity contribution >= 4 is 49.1 Å². The minimum absolute atomic E-state index is 0.292. The van der Waals surface area contributed by atoms with Gasteiger partial charge in [0, 0.05) is 8.96 Å². The van der Waals surface area contributed by atoms with Gasteiger partial charge in [0.1, 0.15) is 0 Å². The summed E-state index contributed by atoms with van der Waals surface area (Å²) in [6.45, 7) is 0. The molecule has 0 saturated carbocycles. The van der Waals surface area contributed by atoms with Gasteiger partial charge in [0.2, 0.25) is 0 Å². The molecule has 0 heterocycles. The minimum atomic E-state index is -3.62. The lowest BCUT2D eigenvalue weighted by Gasteiger charge is -2.11. The van der Waals surface area contributed by atoms with Gasteiger partial charge in [0.05, 0.1) is 10.6 Å². The Hall–Kier alpha value is -1.60. The third kappa shape index (κ3) is 2.89. The van der Waals surface area contributed by atoms with Crippen molar-refractivity contribution in [2.75, 3.05) is 4.72 Å². The Morgan fingerprint density at radius 3 is 2.29 bits per heavy atom. The molecule has 3 aromatic carbocycles. The first-order chi connectivity index (χ1) is 10.1. The van der Waals surface area contributed by atoms with Crippen LogP contribution in [-0.4, -0.2) is 8.42 Å². The number of rotatable bonds is 3. The summed E-state index contributed by atoms with van der Waals surface area (Å²) in [5.74, 6) is 0. The first kappa shape index (κ1) is 14.3. The molecule has 0 spiro atoms. The van der Waals surface area contributed by atoms with Gasteiger partial charge in [-0.05, 0) is 46.2 Å². The van der Waals surface area contributed by atoms with E-state index in [2.05, 4.69) is 27.3 Å². The second-order valence-corrected chi connectivity index (χ2v) is 7.38. The SMILES string of the molecule is O=S(=O)(Nc1ccccc1I)c1cccc2ccccc12. The van der Waals surface area contributed by atoms with E-state index in [0.29, 0.717) is 10.6 Å². The van der Waals surface area contributed by atoms with Crippen LogP contribution in [0.3, 0.4) is 0 Å². The van der Waals surface area contributed by atoms with Crippen molar-refractivity contribution in [2.24, 2.45) is 0 Å². The zero-order valence-electron chi connectivity index (χ0n) is 11.0. The van der Waals surface area contributed by atoms with E-state index < -0.39 is 10.0 Å². The Bertz CT molecular complexity index is 902. The molecule has 0 aliphatic heterocycles. The van der Waals surface area contributed by atoms with Crippen molar-refractivity contribution < 1.29 is 8.42 Å². The van der Waals surface area contributed by atoms with E-state index >= 15 is 0 Å². The molecule has 0 fully saturated rings. The second-order valence-electron chi connectivity index (χ2n) is 4.56. The van der Waals surface area contributed by atoms with Crippen molar-refractivity contribution in [1.29, 1.82) is 0 Å². The molecule has 0 saturated heterocycles. The summed E-state index contributed by atoms with van der Waals surface area (Å²) >= 11 is 2.11. The van der Waals surface area contributed by atoms with Gasteiger partial charge < -0.3 is 0 Å². The zero-order chi connectivity index (χ0) is 14.9. The molecule has 3 nitrogen and oxygen atoms in total. The average Bonchev–Trinajstić information content (AvgIpc) is 2.49. The number of fused-ring (bicyclic) bond motifs is 1. The molecule has 3 aromatic rings. The number of hydrogen-bond acceptors (Lipinski definition) is 2. The van der Waals surface area contributed by atoms with Gasteiger partial charge in [-0.2, -0.15) is 0 Å². The monoisotopic (exact) mass is 409 g/mol. The molecule has 0 aromatic heterocycles. The van der Waals surface area contributed by atoms with Gasteiger partial charge in [0.25, 0.3) is 10.0 Å². The molecule has 0 unspecified atom stereocenters. The Balaban J connectivity index is 2.11. The number of hydrogen-bond donors (Lipinski definition) is 1. The summed E-state index contributed by atoms with van der Waals surface area (Å²) in [4.78, 5) is 0.292. The van der Waals surface area contributed by atoms with Gasteiger partial charge >= 0.3 is 0 Å². The summed E-state index contributed by atoms with van der Waals surface area (Å²) in [5.41, 5.74) is 0.589. The van der Waals surface area contributed by atoms with Gasteiger partial charge in [-0.25, -0.2) is 8.42 Å². The minimum Gasteiger partial charge on any atom is -0.279 e. The molecule has 0 aliphatic carbocycles. The molecule has 106 valence electrons. The molecule has 0 aliphatic rings. The first-order valence-corrected chi connectivity index (χ1v) is 8.89. The van der Waals surface area contributed by atoms with Crippen LogP contribution in [0.4, 0.5) is 5.69 Å². The Morgan fingerprint density at radius 2 is 1.48 bits per heavy atom. The van der Waals surface area contributed by atoms with Crippen molar-refractivity contribution in [3.05, 3.63) is 70.3 Å². The van der Waals surface area contributed by atoms with Crippen LogP contribution in [0.15, 0.2) is 71.6 Å². The normalized spacial score (nSPS) is 11.5. The fourth-order valence-electron chi connectivity index (χ4n) is 2.17. The summed E-state index contributed by atoms with van der Waals surface area (Å²) in [5, 5.41) is 1.63. The molecule has 1 N–H and O–H groups in total. The third-order valence-corrected chi connectivity index (χ3v) is 5.52. The number of sulfonamides is 1. The van der Waals surface area contributed by atoms with E-state index in [9.17, 15) is 8.42 Å². The zero-order valence-corrected chi connectivity index (χ0v) is 13.9. The van der Waals surface area contributed by atoms with Crippen molar-refractivity contribution in [3.8, 4) is 0 Å². The topological polar surface area (TPSA) is 46.2 Å². The van der Waals surface area contributed by atoms with E-state index in [1.54, 1.807) is 18.2 Å². The molecule has 0 amide bonds. The molecule has 21 heavy (non-hydrogen) atoms. The number of para-hydroxylation sites is 1. The molecule has 0 bridgehead atoms. The van der Waals surface area contributed by atoms with Crippen LogP contribution >= 0.6 is 22.6 Å². The van der Waals surface area contributed by atoms with Gasteiger partial charge in [-0.1, -0.05) is 48.5 Å². The van der Waals surface area contributed by atoms with Gasteiger partial charge in [0.15, 0.2) is 0 Å². The van der Waals surface area contributed by atoms with E-state index in [1.807, 2.05) is 48.5 Å². The number of nitrogens with one attached hydrogen (secondary N) is 1. The number of anilines is 1. The van der Waals surface area contributed by atoms with Crippen LogP contribution in [0.1, 0.15) is 0 Å². The fourth-order valence-corrected chi connectivity index (χ4v) is 4.19. The highest BCUT2D eigenvalue weighted by Gasteiger charge is 2.18. The average molecular weight is 409 g/mol. The van der Waals surface area contributed by atoms with Crippen LogP contribution in [-0.2, 0) is 10.0 Å². The van der Waals surface area contributed by atoms with E-state index in [-0.39, 0.29) is 0 Å².